The highest BCUT2D eigenvalue weighted by molar-refractivity contribution is 8.11. The Labute approximate surface area is 118 Å². The third-order valence-electron chi connectivity index (χ3n) is 3.72. The Kier molecular flexibility index (Phi) is 4.46. The molecule has 0 spiro atoms. The number of hydrogen-bond donors (Lipinski definition) is 0. The van der Waals surface area contributed by atoms with E-state index in [1.165, 1.54) is 6.42 Å². The minimum absolute atomic E-state index is 0.198. The van der Waals surface area contributed by atoms with Gasteiger partial charge < -0.3 is 0 Å². The van der Waals surface area contributed by atoms with E-state index in [1.54, 1.807) is 0 Å². The Balaban J connectivity index is 1.98. The van der Waals surface area contributed by atoms with Crippen molar-refractivity contribution in [2.45, 2.75) is 46.0 Å². The molecule has 19 heavy (non-hydrogen) atoms. The molecule has 1 saturated heterocycles. The zero-order valence-corrected chi connectivity index (χ0v) is 12.4. The van der Waals surface area contributed by atoms with Crippen molar-refractivity contribution in [2.24, 2.45) is 11.3 Å². The first-order valence-corrected chi connectivity index (χ1v) is 7.69. The zero-order chi connectivity index (χ0) is 14.0. The maximum absolute atomic E-state index is 12.2. The summed E-state index contributed by atoms with van der Waals surface area (Å²) >= 11 is 1.09. The van der Waals surface area contributed by atoms with Gasteiger partial charge in [-0.05, 0) is 30.2 Å². The number of Topliss-reactive ketones (excluding diaryl/α,β-unsaturated/α-hetero) is 2. The number of nitrogens with zero attached hydrogens (tertiary/aromatic N) is 1. The molecule has 106 valence electrons. The molecule has 1 aliphatic heterocycles. The van der Waals surface area contributed by atoms with E-state index >= 15 is 0 Å². The number of piperidine rings is 1. The van der Waals surface area contributed by atoms with Crippen LogP contribution >= 0.6 is 11.9 Å². The number of rotatable bonds is 2. The molecule has 2 aliphatic rings. The van der Waals surface area contributed by atoms with Crippen molar-refractivity contribution in [3.63, 3.8) is 0 Å². The summed E-state index contributed by atoms with van der Waals surface area (Å²) in [5, 5.41) is -0.271. The van der Waals surface area contributed by atoms with Crippen molar-refractivity contribution in [1.29, 1.82) is 0 Å². The molecule has 0 N–H and O–H groups in total. The molecule has 0 atom stereocenters. The van der Waals surface area contributed by atoms with E-state index in [0.29, 0.717) is 12.8 Å². The molecule has 1 aliphatic carbocycles. The summed E-state index contributed by atoms with van der Waals surface area (Å²) in [6.07, 6.45) is 4.02. The Morgan fingerprint density at radius 1 is 1.11 bits per heavy atom. The molecule has 1 heterocycles. The highest BCUT2D eigenvalue weighted by atomic mass is 32.2. The molecule has 0 bridgehead atoms. The fourth-order valence-corrected chi connectivity index (χ4v) is 3.85. The normalized spacial score (nSPS) is 25.6. The van der Waals surface area contributed by atoms with Crippen molar-refractivity contribution >= 4 is 28.6 Å². The molecule has 0 unspecified atom stereocenters. The Hall–Kier alpha value is -0.680. The van der Waals surface area contributed by atoms with E-state index in [1.807, 2.05) is 18.2 Å². The van der Waals surface area contributed by atoms with Gasteiger partial charge in [-0.2, -0.15) is 0 Å². The Morgan fingerprint density at radius 3 is 2.16 bits per heavy atom. The van der Waals surface area contributed by atoms with Gasteiger partial charge in [0.2, 0.25) is 5.12 Å². The van der Waals surface area contributed by atoms with E-state index in [4.69, 9.17) is 0 Å². The summed E-state index contributed by atoms with van der Waals surface area (Å²) in [6.45, 7) is 5.55. The van der Waals surface area contributed by atoms with E-state index in [0.717, 1.165) is 37.9 Å². The van der Waals surface area contributed by atoms with Crippen LogP contribution in [-0.2, 0) is 14.4 Å². The minimum Gasteiger partial charge on any atom is -0.298 e. The summed E-state index contributed by atoms with van der Waals surface area (Å²) in [7, 11) is 0. The first-order chi connectivity index (χ1) is 8.89. The standard InChI is InChI=1S/C14H21NO3S/c1-14(2)8-10(16)12(11(17)9-14)13(18)19-15-6-4-3-5-7-15/h12H,3-9H2,1-2H3. The summed E-state index contributed by atoms with van der Waals surface area (Å²) < 4.78 is 1.99. The van der Waals surface area contributed by atoms with Gasteiger partial charge in [-0.3, -0.25) is 14.4 Å². The summed E-state index contributed by atoms with van der Waals surface area (Å²) in [4.78, 5) is 36.2. The lowest BCUT2D eigenvalue weighted by Gasteiger charge is -2.32. The number of carbonyl (C=O) groups excluding carboxylic acids is 3. The van der Waals surface area contributed by atoms with Crippen LogP contribution in [0.25, 0.3) is 0 Å². The first-order valence-electron chi connectivity index (χ1n) is 6.91. The van der Waals surface area contributed by atoms with E-state index < -0.39 is 5.92 Å². The minimum atomic E-state index is -1.01. The summed E-state index contributed by atoms with van der Waals surface area (Å²) in [5.74, 6) is -1.41. The molecule has 1 saturated carbocycles. The van der Waals surface area contributed by atoms with E-state index in [-0.39, 0.29) is 22.1 Å². The quantitative estimate of drug-likeness (QED) is 0.574. The van der Waals surface area contributed by atoms with Gasteiger partial charge in [0.05, 0.1) is 0 Å². The van der Waals surface area contributed by atoms with Gasteiger partial charge in [0.1, 0.15) is 5.92 Å². The van der Waals surface area contributed by atoms with Crippen LogP contribution in [0.5, 0.6) is 0 Å². The maximum Gasteiger partial charge on any atom is 0.221 e. The van der Waals surface area contributed by atoms with E-state index in [9.17, 15) is 14.4 Å². The van der Waals surface area contributed by atoms with Gasteiger partial charge >= 0.3 is 0 Å². The monoisotopic (exact) mass is 283 g/mol. The predicted molar refractivity (Wildman–Crippen MR) is 74.5 cm³/mol. The van der Waals surface area contributed by atoms with Crippen LogP contribution in [0.4, 0.5) is 0 Å². The Bertz CT molecular complexity index is 379. The Morgan fingerprint density at radius 2 is 1.63 bits per heavy atom. The van der Waals surface area contributed by atoms with Gasteiger partial charge in [0.15, 0.2) is 11.6 Å². The molecule has 0 radical (unpaired) electrons. The smallest absolute Gasteiger partial charge is 0.221 e. The highest BCUT2D eigenvalue weighted by Crippen LogP contribution is 2.36. The lowest BCUT2D eigenvalue weighted by Crippen LogP contribution is -2.42. The van der Waals surface area contributed by atoms with Crippen LogP contribution in [-0.4, -0.2) is 34.1 Å². The largest absolute Gasteiger partial charge is 0.298 e. The zero-order valence-electron chi connectivity index (χ0n) is 11.6. The third kappa shape index (κ3) is 3.66. The van der Waals surface area contributed by atoms with Gasteiger partial charge in [-0.15, -0.1) is 0 Å². The van der Waals surface area contributed by atoms with Crippen LogP contribution in [0.3, 0.4) is 0 Å². The fraction of sp³-hybridized carbons (Fsp3) is 0.786. The van der Waals surface area contributed by atoms with Crippen LogP contribution < -0.4 is 0 Å². The molecule has 4 nitrogen and oxygen atoms in total. The first kappa shape index (κ1) is 14.7. The third-order valence-corrected chi connectivity index (χ3v) is 4.76. The second-order valence-electron chi connectivity index (χ2n) is 6.28. The summed E-state index contributed by atoms with van der Waals surface area (Å²) in [6, 6.07) is 0. The molecular formula is C14H21NO3S. The number of hydrogen-bond acceptors (Lipinski definition) is 5. The average molecular weight is 283 g/mol. The van der Waals surface area contributed by atoms with Gasteiger partial charge in [-0.1, -0.05) is 20.3 Å². The van der Waals surface area contributed by atoms with Crippen LogP contribution in [0.15, 0.2) is 0 Å². The maximum atomic E-state index is 12.2. The molecule has 0 amide bonds. The molecule has 0 aromatic rings. The van der Waals surface area contributed by atoms with Gasteiger partial charge in [-0.25, -0.2) is 4.31 Å². The van der Waals surface area contributed by atoms with Crippen molar-refractivity contribution in [1.82, 2.24) is 4.31 Å². The summed E-state index contributed by atoms with van der Waals surface area (Å²) in [5.41, 5.74) is -0.291. The van der Waals surface area contributed by atoms with E-state index in [2.05, 4.69) is 0 Å². The van der Waals surface area contributed by atoms with Crippen molar-refractivity contribution in [3.05, 3.63) is 0 Å². The molecule has 0 aromatic heterocycles. The number of ketones is 2. The van der Waals surface area contributed by atoms with Gasteiger partial charge in [0, 0.05) is 25.9 Å². The highest BCUT2D eigenvalue weighted by Gasteiger charge is 2.44. The topological polar surface area (TPSA) is 54.5 Å². The second kappa shape index (κ2) is 5.75. The molecular weight excluding hydrogens is 262 g/mol. The molecule has 2 fully saturated rings. The van der Waals surface area contributed by atoms with Crippen molar-refractivity contribution in [2.75, 3.05) is 13.1 Å². The fourth-order valence-electron chi connectivity index (χ4n) is 2.79. The molecule has 2 rings (SSSR count). The average Bonchev–Trinajstić information content (AvgIpc) is 2.27. The predicted octanol–water partition coefficient (Wildman–Crippen LogP) is 2.22. The lowest BCUT2D eigenvalue weighted by atomic mass is 9.72. The number of carbonyl (C=O) groups is 3. The van der Waals surface area contributed by atoms with Crippen LogP contribution in [0.2, 0.25) is 0 Å². The second-order valence-corrected chi connectivity index (χ2v) is 7.38. The van der Waals surface area contributed by atoms with Crippen molar-refractivity contribution in [3.8, 4) is 0 Å². The lowest BCUT2D eigenvalue weighted by molar-refractivity contribution is -0.142. The van der Waals surface area contributed by atoms with Crippen molar-refractivity contribution < 1.29 is 14.4 Å². The van der Waals surface area contributed by atoms with Gasteiger partial charge in [0.25, 0.3) is 0 Å². The molecule has 0 aromatic carbocycles. The van der Waals surface area contributed by atoms with Crippen LogP contribution in [0.1, 0.15) is 46.0 Å². The molecule has 5 heteroatoms. The SMILES string of the molecule is CC1(C)CC(=O)C(C(=O)SN2CCCCC2)C(=O)C1. The van der Waals surface area contributed by atoms with Crippen LogP contribution in [0, 0.1) is 11.3 Å².